The number of hydrogen-bond donors (Lipinski definition) is 2. The lowest BCUT2D eigenvalue weighted by molar-refractivity contribution is 0.0934. The molecule has 100 valence electrons. The predicted octanol–water partition coefficient (Wildman–Crippen LogP) is 2.43. The van der Waals surface area contributed by atoms with Gasteiger partial charge in [-0.25, -0.2) is 4.39 Å². The van der Waals surface area contributed by atoms with E-state index in [0.29, 0.717) is 4.47 Å². The first-order valence-corrected chi connectivity index (χ1v) is 7.47. The molecule has 0 radical (unpaired) electrons. The first-order valence-electron chi connectivity index (χ1n) is 5.39. The third-order valence-corrected chi connectivity index (χ3v) is 4.43. The van der Waals surface area contributed by atoms with E-state index in [1.54, 1.807) is 0 Å². The second-order valence-electron chi connectivity index (χ2n) is 3.84. The summed E-state index contributed by atoms with van der Waals surface area (Å²) >= 11 is 4.68. The third kappa shape index (κ3) is 3.96. The van der Waals surface area contributed by atoms with Crippen molar-refractivity contribution >= 4 is 33.6 Å². The van der Waals surface area contributed by atoms with Crippen molar-refractivity contribution in [3.8, 4) is 0 Å². The van der Waals surface area contributed by atoms with E-state index in [4.69, 9.17) is 5.11 Å². The van der Waals surface area contributed by atoms with Gasteiger partial charge in [0, 0.05) is 15.8 Å². The summed E-state index contributed by atoms with van der Waals surface area (Å²) in [6, 6.07) is 3.75. The van der Waals surface area contributed by atoms with Crippen molar-refractivity contribution in [2.45, 2.75) is 18.2 Å². The van der Waals surface area contributed by atoms with Crippen molar-refractivity contribution < 1.29 is 14.3 Å². The summed E-state index contributed by atoms with van der Waals surface area (Å²) < 4.78 is 13.6. The Hall–Kier alpha value is -0.590. The van der Waals surface area contributed by atoms with E-state index in [1.807, 2.05) is 13.2 Å². The van der Waals surface area contributed by atoms with Crippen LogP contribution in [0.5, 0.6) is 0 Å². The number of aliphatic hydroxyl groups excluding tert-OH is 1. The lowest BCUT2D eigenvalue weighted by Crippen LogP contribution is -2.41. The number of thioether (sulfide) groups is 1. The summed E-state index contributed by atoms with van der Waals surface area (Å²) in [4.78, 5) is 12.0. The van der Waals surface area contributed by atoms with Crippen molar-refractivity contribution in [1.29, 1.82) is 0 Å². The summed E-state index contributed by atoms with van der Waals surface area (Å²) in [5, 5.41) is 11.8. The molecule has 1 rings (SSSR count). The topological polar surface area (TPSA) is 49.3 Å². The van der Waals surface area contributed by atoms with Crippen LogP contribution in [-0.2, 0) is 0 Å². The Morgan fingerprint density at radius 2 is 2.28 bits per heavy atom. The van der Waals surface area contributed by atoms with Gasteiger partial charge in [0.25, 0.3) is 5.91 Å². The predicted molar refractivity (Wildman–Crippen MR) is 75.4 cm³/mol. The first-order chi connectivity index (χ1) is 8.49. The number of nitrogens with one attached hydrogen (secondary N) is 1. The molecule has 1 aromatic rings. The summed E-state index contributed by atoms with van der Waals surface area (Å²) in [6.07, 6.45) is 1.86. The highest BCUT2D eigenvalue weighted by Gasteiger charge is 2.19. The molecule has 0 spiro atoms. The number of hydrogen-bond acceptors (Lipinski definition) is 3. The average Bonchev–Trinajstić information content (AvgIpc) is 2.33. The molecule has 2 atom stereocenters. The Bertz CT molecular complexity index is 427. The number of amides is 1. The Morgan fingerprint density at radius 3 is 2.83 bits per heavy atom. The minimum absolute atomic E-state index is 0.0209. The molecule has 6 heteroatoms. The van der Waals surface area contributed by atoms with E-state index in [-0.39, 0.29) is 29.4 Å². The molecule has 0 fully saturated rings. The maximum Gasteiger partial charge on any atom is 0.252 e. The number of halogens is 2. The monoisotopic (exact) mass is 335 g/mol. The Morgan fingerprint density at radius 1 is 1.61 bits per heavy atom. The minimum atomic E-state index is -0.459. The molecule has 0 aromatic heterocycles. The van der Waals surface area contributed by atoms with Crippen LogP contribution in [0.4, 0.5) is 4.39 Å². The zero-order valence-electron chi connectivity index (χ0n) is 10.1. The Kier molecular flexibility index (Phi) is 6.11. The van der Waals surface area contributed by atoms with Gasteiger partial charge in [0.15, 0.2) is 0 Å². The van der Waals surface area contributed by atoms with Crippen molar-refractivity contribution in [2.75, 3.05) is 12.9 Å². The van der Waals surface area contributed by atoms with E-state index in [2.05, 4.69) is 21.2 Å². The van der Waals surface area contributed by atoms with Crippen molar-refractivity contribution in [2.24, 2.45) is 0 Å². The molecular formula is C12H15BrFNO2S. The molecule has 0 heterocycles. The number of aliphatic hydroxyl groups is 1. The van der Waals surface area contributed by atoms with E-state index in [1.165, 1.54) is 30.0 Å². The van der Waals surface area contributed by atoms with Gasteiger partial charge < -0.3 is 10.4 Å². The average molecular weight is 336 g/mol. The zero-order valence-corrected chi connectivity index (χ0v) is 12.5. The Labute approximate surface area is 118 Å². The number of benzene rings is 1. The minimum Gasteiger partial charge on any atom is -0.395 e. The highest BCUT2D eigenvalue weighted by atomic mass is 79.9. The molecule has 0 bridgehead atoms. The van der Waals surface area contributed by atoms with Gasteiger partial charge in [0.2, 0.25) is 0 Å². The molecule has 0 saturated carbocycles. The highest BCUT2D eigenvalue weighted by Crippen LogP contribution is 2.18. The fourth-order valence-electron chi connectivity index (χ4n) is 1.49. The van der Waals surface area contributed by atoms with E-state index in [9.17, 15) is 9.18 Å². The molecule has 1 aromatic carbocycles. The number of carbonyl (C=O) groups excluding carboxylic acids is 1. The van der Waals surface area contributed by atoms with Crippen molar-refractivity contribution in [3.63, 3.8) is 0 Å². The normalized spacial score (nSPS) is 14.1. The van der Waals surface area contributed by atoms with Crippen LogP contribution in [0.3, 0.4) is 0 Å². The third-order valence-electron chi connectivity index (χ3n) is 2.57. The molecule has 3 nitrogen and oxygen atoms in total. The van der Waals surface area contributed by atoms with Crippen LogP contribution in [0.2, 0.25) is 0 Å². The molecule has 1 amide bonds. The lowest BCUT2D eigenvalue weighted by atomic mass is 10.1. The molecular weight excluding hydrogens is 321 g/mol. The summed E-state index contributed by atoms with van der Waals surface area (Å²) in [7, 11) is 0. The summed E-state index contributed by atoms with van der Waals surface area (Å²) in [6.45, 7) is 1.79. The quantitative estimate of drug-likeness (QED) is 0.868. The van der Waals surface area contributed by atoms with Crippen LogP contribution in [0, 0.1) is 5.82 Å². The van der Waals surface area contributed by atoms with E-state index in [0.717, 1.165) is 0 Å². The van der Waals surface area contributed by atoms with Gasteiger partial charge in [-0.2, -0.15) is 11.8 Å². The SMILES string of the molecule is CSC(CO)C(C)NC(=O)c1cc(F)ccc1Br. The van der Waals surface area contributed by atoms with Gasteiger partial charge in [-0.15, -0.1) is 0 Å². The summed E-state index contributed by atoms with van der Waals surface area (Å²) in [5.41, 5.74) is 0.250. The molecule has 18 heavy (non-hydrogen) atoms. The number of carbonyl (C=O) groups is 1. The zero-order chi connectivity index (χ0) is 13.7. The van der Waals surface area contributed by atoms with Gasteiger partial charge in [-0.3, -0.25) is 4.79 Å². The van der Waals surface area contributed by atoms with Gasteiger partial charge in [0.05, 0.1) is 12.2 Å². The maximum absolute atomic E-state index is 13.1. The number of rotatable bonds is 5. The molecule has 0 saturated heterocycles. The van der Waals surface area contributed by atoms with Gasteiger partial charge in [0.1, 0.15) is 5.82 Å². The van der Waals surface area contributed by atoms with Gasteiger partial charge >= 0.3 is 0 Å². The van der Waals surface area contributed by atoms with Crippen LogP contribution >= 0.6 is 27.7 Å². The summed E-state index contributed by atoms with van der Waals surface area (Å²) in [5.74, 6) is -0.819. The first kappa shape index (κ1) is 15.5. The smallest absolute Gasteiger partial charge is 0.252 e. The molecule has 2 N–H and O–H groups in total. The lowest BCUT2D eigenvalue weighted by Gasteiger charge is -2.21. The van der Waals surface area contributed by atoms with Crippen LogP contribution in [0.25, 0.3) is 0 Å². The fraction of sp³-hybridized carbons (Fsp3) is 0.417. The highest BCUT2D eigenvalue weighted by molar-refractivity contribution is 9.10. The molecule has 0 aliphatic heterocycles. The largest absolute Gasteiger partial charge is 0.395 e. The van der Waals surface area contributed by atoms with Crippen LogP contribution < -0.4 is 5.32 Å². The van der Waals surface area contributed by atoms with Crippen LogP contribution in [0.1, 0.15) is 17.3 Å². The second kappa shape index (κ2) is 7.11. The second-order valence-corrected chi connectivity index (χ2v) is 5.77. The molecule has 0 aliphatic carbocycles. The Balaban J connectivity index is 2.79. The standard InChI is InChI=1S/C12H15BrFNO2S/c1-7(11(6-16)18-2)15-12(17)9-5-8(14)3-4-10(9)13/h3-5,7,11,16H,6H2,1-2H3,(H,15,17). The van der Waals surface area contributed by atoms with E-state index < -0.39 is 5.82 Å². The van der Waals surface area contributed by atoms with Gasteiger partial charge in [-0.05, 0) is 47.3 Å². The van der Waals surface area contributed by atoms with Crippen LogP contribution in [0.15, 0.2) is 22.7 Å². The van der Waals surface area contributed by atoms with Crippen molar-refractivity contribution in [3.05, 3.63) is 34.1 Å². The maximum atomic E-state index is 13.1. The molecule has 2 unspecified atom stereocenters. The van der Waals surface area contributed by atoms with Gasteiger partial charge in [-0.1, -0.05) is 0 Å². The molecule has 0 aliphatic rings. The fourth-order valence-corrected chi connectivity index (χ4v) is 2.54. The van der Waals surface area contributed by atoms with Crippen LogP contribution in [-0.4, -0.2) is 35.2 Å². The van der Waals surface area contributed by atoms with Crippen molar-refractivity contribution in [1.82, 2.24) is 5.32 Å². The van der Waals surface area contributed by atoms with E-state index >= 15 is 0 Å².